The third-order valence-electron chi connectivity index (χ3n) is 2.03. The van der Waals surface area contributed by atoms with Gasteiger partial charge in [-0.05, 0) is 18.8 Å². The number of rotatable bonds is 2. The second-order valence-corrected chi connectivity index (χ2v) is 3.57. The lowest BCUT2D eigenvalue weighted by Crippen LogP contribution is -2.31. The van der Waals surface area contributed by atoms with Crippen molar-refractivity contribution >= 4 is 9.39 Å². The highest BCUT2D eigenvalue weighted by atomic mass is 31.0. The maximum absolute atomic E-state index is 8.42. The van der Waals surface area contributed by atoms with Gasteiger partial charge in [-0.1, -0.05) is 9.39 Å². The molecule has 0 radical (unpaired) electrons. The summed E-state index contributed by atoms with van der Waals surface area (Å²) in [6.45, 7) is 3.02. The van der Waals surface area contributed by atoms with E-state index in [1.165, 1.54) is 12.8 Å². The molecule has 2 N–H and O–H groups in total. The van der Waals surface area contributed by atoms with Gasteiger partial charge in [0.2, 0.25) is 0 Å². The minimum atomic E-state index is 0.668. The molecule has 0 aliphatic carbocycles. The van der Waals surface area contributed by atoms with Gasteiger partial charge in [-0.2, -0.15) is 0 Å². The zero-order valence-electron chi connectivity index (χ0n) is 6.08. The quantitative estimate of drug-likeness (QED) is 0.457. The summed E-state index contributed by atoms with van der Waals surface area (Å²) < 4.78 is 2.24. The summed E-state index contributed by atoms with van der Waals surface area (Å²) >= 11 is 0. The highest BCUT2D eigenvalue weighted by Crippen LogP contribution is 2.18. The SMILES string of the molecule is ONCC1CCN(P)CC1. The minimum absolute atomic E-state index is 0.668. The van der Waals surface area contributed by atoms with Crippen LogP contribution >= 0.6 is 9.39 Å². The number of hydrogen-bond donors (Lipinski definition) is 2. The molecule has 1 atom stereocenters. The van der Waals surface area contributed by atoms with E-state index in [-0.39, 0.29) is 0 Å². The Morgan fingerprint density at radius 2 is 2.10 bits per heavy atom. The molecule has 0 aromatic rings. The second-order valence-electron chi connectivity index (χ2n) is 2.84. The van der Waals surface area contributed by atoms with E-state index in [9.17, 15) is 0 Å². The van der Waals surface area contributed by atoms with E-state index >= 15 is 0 Å². The molecular weight excluding hydrogens is 147 g/mol. The van der Waals surface area contributed by atoms with Gasteiger partial charge in [-0.25, -0.2) is 5.48 Å². The van der Waals surface area contributed by atoms with E-state index in [0.29, 0.717) is 5.92 Å². The molecule has 1 fully saturated rings. The normalized spacial score (nSPS) is 23.4. The Labute approximate surface area is 64.0 Å². The maximum Gasteiger partial charge on any atom is 0.0236 e. The zero-order valence-corrected chi connectivity index (χ0v) is 7.24. The summed E-state index contributed by atoms with van der Waals surface area (Å²) in [5, 5.41) is 8.42. The smallest absolute Gasteiger partial charge is 0.0236 e. The van der Waals surface area contributed by atoms with Gasteiger partial charge in [-0.3, -0.25) is 4.67 Å². The standard InChI is InChI=1S/C6H15N2OP/c9-7-5-6-1-3-8(10)4-2-6/h6-7,9H,1-5,10H2. The molecule has 60 valence electrons. The molecule has 0 spiro atoms. The van der Waals surface area contributed by atoms with Crippen molar-refractivity contribution in [2.45, 2.75) is 12.8 Å². The van der Waals surface area contributed by atoms with Crippen LogP contribution in [0.15, 0.2) is 0 Å². The first kappa shape index (κ1) is 8.41. The van der Waals surface area contributed by atoms with Crippen molar-refractivity contribution in [1.82, 2.24) is 10.2 Å². The van der Waals surface area contributed by atoms with Gasteiger partial charge < -0.3 is 5.21 Å². The molecule has 0 bridgehead atoms. The average molecular weight is 162 g/mol. The van der Waals surface area contributed by atoms with E-state index in [0.717, 1.165) is 19.6 Å². The lowest BCUT2D eigenvalue weighted by atomic mass is 9.99. The lowest BCUT2D eigenvalue weighted by Gasteiger charge is -2.27. The fraction of sp³-hybridized carbons (Fsp3) is 1.00. The third kappa shape index (κ3) is 2.51. The van der Waals surface area contributed by atoms with E-state index in [1.54, 1.807) is 0 Å². The van der Waals surface area contributed by atoms with Crippen LogP contribution in [0.2, 0.25) is 0 Å². The first-order chi connectivity index (χ1) is 4.83. The number of nitrogens with zero attached hydrogens (tertiary/aromatic N) is 1. The van der Waals surface area contributed by atoms with Crippen molar-refractivity contribution in [1.29, 1.82) is 0 Å². The lowest BCUT2D eigenvalue weighted by molar-refractivity contribution is 0.133. The highest BCUT2D eigenvalue weighted by molar-refractivity contribution is 7.13. The van der Waals surface area contributed by atoms with E-state index < -0.39 is 0 Å². The molecule has 0 aromatic carbocycles. The summed E-state index contributed by atoms with van der Waals surface area (Å²) in [7, 11) is 2.71. The van der Waals surface area contributed by atoms with Crippen LogP contribution in [-0.4, -0.2) is 29.5 Å². The Balaban J connectivity index is 2.13. The molecule has 0 amide bonds. The van der Waals surface area contributed by atoms with Crippen LogP contribution < -0.4 is 5.48 Å². The van der Waals surface area contributed by atoms with Crippen LogP contribution in [-0.2, 0) is 0 Å². The van der Waals surface area contributed by atoms with E-state index in [1.807, 2.05) is 0 Å². The summed E-state index contributed by atoms with van der Waals surface area (Å²) in [6, 6.07) is 0. The molecule has 10 heavy (non-hydrogen) atoms. The first-order valence-corrected chi connectivity index (χ1v) is 4.21. The maximum atomic E-state index is 8.42. The zero-order chi connectivity index (χ0) is 7.40. The molecule has 0 aromatic heterocycles. The molecule has 1 rings (SSSR count). The molecule has 1 aliphatic heterocycles. The van der Waals surface area contributed by atoms with Crippen LogP contribution in [0, 0.1) is 5.92 Å². The molecule has 1 unspecified atom stereocenters. The predicted molar refractivity (Wildman–Crippen MR) is 43.8 cm³/mol. The fourth-order valence-electron chi connectivity index (χ4n) is 1.29. The topological polar surface area (TPSA) is 35.5 Å². The van der Waals surface area contributed by atoms with Crippen molar-refractivity contribution in [3.63, 3.8) is 0 Å². The summed E-state index contributed by atoms with van der Waals surface area (Å²) in [5.74, 6) is 0.668. The molecule has 3 nitrogen and oxygen atoms in total. The number of nitrogens with one attached hydrogen (secondary N) is 1. The van der Waals surface area contributed by atoms with Gasteiger partial charge in [-0.15, -0.1) is 0 Å². The van der Waals surface area contributed by atoms with Crippen LogP contribution in [0.5, 0.6) is 0 Å². The number of hydroxylamine groups is 1. The van der Waals surface area contributed by atoms with Gasteiger partial charge in [0.05, 0.1) is 0 Å². The van der Waals surface area contributed by atoms with Crippen molar-refractivity contribution in [2.24, 2.45) is 5.92 Å². The largest absolute Gasteiger partial charge is 0.317 e. The molecule has 1 heterocycles. The minimum Gasteiger partial charge on any atom is -0.317 e. The van der Waals surface area contributed by atoms with Crippen LogP contribution in [0.3, 0.4) is 0 Å². The summed E-state index contributed by atoms with van der Waals surface area (Å²) in [5.41, 5.74) is 2.23. The predicted octanol–water partition coefficient (Wildman–Crippen LogP) is 0.467. The van der Waals surface area contributed by atoms with Crippen LogP contribution in [0.1, 0.15) is 12.8 Å². The van der Waals surface area contributed by atoms with Gasteiger partial charge in [0.1, 0.15) is 0 Å². The van der Waals surface area contributed by atoms with Crippen molar-refractivity contribution in [3.8, 4) is 0 Å². The Morgan fingerprint density at radius 3 is 2.60 bits per heavy atom. The van der Waals surface area contributed by atoms with Crippen molar-refractivity contribution in [3.05, 3.63) is 0 Å². The van der Waals surface area contributed by atoms with E-state index in [2.05, 4.69) is 19.5 Å². The van der Waals surface area contributed by atoms with Gasteiger partial charge in [0.25, 0.3) is 0 Å². The molecule has 0 saturated carbocycles. The van der Waals surface area contributed by atoms with Gasteiger partial charge in [0.15, 0.2) is 0 Å². The Kier molecular flexibility index (Phi) is 3.57. The molecular formula is C6H15N2OP. The van der Waals surface area contributed by atoms with E-state index in [4.69, 9.17) is 5.21 Å². The third-order valence-corrected chi connectivity index (χ3v) is 2.55. The average Bonchev–Trinajstić information content (AvgIpc) is 1.95. The first-order valence-electron chi connectivity index (χ1n) is 3.69. The Hall–Kier alpha value is 0.310. The van der Waals surface area contributed by atoms with Crippen LogP contribution in [0.25, 0.3) is 0 Å². The number of piperidine rings is 1. The highest BCUT2D eigenvalue weighted by Gasteiger charge is 2.15. The molecule has 1 saturated heterocycles. The van der Waals surface area contributed by atoms with Crippen molar-refractivity contribution < 1.29 is 5.21 Å². The Bertz CT molecular complexity index is 93.7. The van der Waals surface area contributed by atoms with Gasteiger partial charge in [0, 0.05) is 19.6 Å². The number of hydrogen-bond acceptors (Lipinski definition) is 3. The molecule has 1 aliphatic rings. The van der Waals surface area contributed by atoms with Gasteiger partial charge >= 0.3 is 0 Å². The Morgan fingerprint density at radius 1 is 1.50 bits per heavy atom. The fourth-order valence-corrected chi connectivity index (χ4v) is 1.58. The van der Waals surface area contributed by atoms with Crippen LogP contribution in [0.4, 0.5) is 0 Å². The monoisotopic (exact) mass is 162 g/mol. The summed E-state index contributed by atoms with van der Waals surface area (Å²) in [4.78, 5) is 0. The molecule has 4 heteroatoms. The summed E-state index contributed by atoms with van der Waals surface area (Å²) in [6.07, 6.45) is 2.38. The second kappa shape index (κ2) is 4.24. The van der Waals surface area contributed by atoms with Crippen molar-refractivity contribution in [2.75, 3.05) is 19.6 Å².